The molecule has 0 fully saturated rings. The summed E-state index contributed by atoms with van der Waals surface area (Å²) in [5, 5.41) is 0. The van der Waals surface area contributed by atoms with Crippen molar-refractivity contribution in [3.63, 3.8) is 0 Å². The number of hydrogen-bond donors (Lipinski definition) is 0. The molecule has 0 N–H and O–H groups in total. The fourth-order valence-corrected chi connectivity index (χ4v) is 3.49. The molecule has 0 amide bonds. The molecule has 1 nitrogen and oxygen atoms in total. The fourth-order valence-electron chi connectivity index (χ4n) is 3.49. The summed E-state index contributed by atoms with van der Waals surface area (Å²) in [4.78, 5) is 4.59. The van der Waals surface area contributed by atoms with Gasteiger partial charge in [0.05, 0.1) is 0 Å². The standard InChI is InChI=1S/C24H50O.2CH3.Sn/c1-3-5-7-9-11-13-15-17-19-21-23-25-24-22-20-18-16-14-12-10-8-6-4-2;;;/h3-24H2,1-2H3;2*1H3;. The first-order valence-electron chi connectivity index (χ1n) is 13.0. The van der Waals surface area contributed by atoms with Gasteiger partial charge in [0.1, 0.15) is 0 Å². The van der Waals surface area contributed by atoms with E-state index in [9.17, 15) is 0 Å². The van der Waals surface area contributed by atoms with Gasteiger partial charge in [0, 0.05) is 13.2 Å². The summed E-state index contributed by atoms with van der Waals surface area (Å²) in [6.07, 6.45) is 28.2. The molecular formula is C26H56OSn. The molecule has 0 atom stereocenters. The maximum atomic E-state index is 5.78. The predicted molar refractivity (Wildman–Crippen MR) is 132 cm³/mol. The van der Waals surface area contributed by atoms with Gasteiger partial charge >= 0.3 is 31.0 Å². The Bertz CT molecular complexity index is 210. The average molecular weight is 503 g/mol. The second-order valence-electron chi connectivity index (χ2n) is 8.48. The molecule has 0 saturated heterocycles. The Morgan fingerprint density at radius 3 is 0.857 bits per heavy atom. The summed E-state index contributed by atoms with van der Waals surface area (Å²) in [6, 6.07) is 0. The third kappa shape index (κ3) is 34.3. The molecule has 0 aliphatic rings. The molecule has 0 bridgehead atoms. The van der Waals surface area contributed by atoms with Crippen LogP contribution in [0.1, 0.15) is 142 Å². The van der Waals surface area contributed by atoms with Crippen LogP contribution in [-0.2, 0) is 4.74 Å². The van der Waals surface area contributed by atoms with Crippen LogP contribution in [0.15, 0.2) is 0 Å². The van der Waals surface area contributed by atoms with E-state index in [1.54, 1.807) is 0 Å². The topological polar surface area (TPSA) is 9.23 Å². The Balaban J connectivity index is 0. The van der Waals surface area contributed by atoms with Crippen molar-refractivity contribution in [2.75, 3.05) is 13.2 Å². The molecule has 0 rings (SSSR count). The van der Waals surface area contributed by atoms with Gasteiger partial charge in [-0.05, 0) is 12.8 Å². The second-order valence-corrected chi connectivity index (χ2v) is 11.3. The molecule has 0 saturated carbocycles. The van der Waals surface area contributed by atoms with Crippen molar-refractivity contribution >= 4 is 21.1 Å². The summed E-state index contributed by atoms with van der Waals surface area (Å²) < 4.78 is 5.78. The van der Waals surface area contributed by atoms with Gasteiger partial charge in [-0.2, -0.15) is 0 Å². The van der Waals surface area contributed by atoms with Crippen LogP contribution in [0.25, 0.3) is 0 Å². The van der Waals surface area contributed by atoms with Crippen LogP contribution in [0.4, 0.5) is 0 Å². The molecule has 0 aliphatic carbocycles. The molecule has 0 aromatic rings. The van der Waals surface area contributed by atoms with Crippen molar-refractivity contribution in [1.29, 1.82) is 0 Å². The third-order valence-corrected chi connectivity index (χ3v) is 5.28. The Morgan fingerprint density at radius 2 is 0.607 bits per heavy atom. The number of rotatable bonds is 22. The van der Waals surface area contributed by atoms with Gasteiger partial charge in [0.2, 0.25) is 0 Å². The zero-order valence-electron chi connectivity index (χ0n) is 20.5. The first kappa shape index (κ1) is 30.9. The monoisotopic (exact) mass is 504 g/mol. The Morgan fingerprint density at radius 1 is 0.393 bits per heavy atom. The Hall–Kier alpha value is 0.759. The van der Waals surface area contributed by atoms with Crippen LogP contribution < -0.4 is 0 Å². The first-order chi connectivity index (χ1) is 13.8. The van der Waals surface area contributed by atoms with Crippen LogP contribution in [0.3, 0.4) is 0 Å². The maximum absolute atomic E-state index is 5.78. The number of hydrogen-bond acceptors (Lipinski definition) is 1. The molecular weight excluding hydrogens is 447 g/mol. The summed E-state index contributed by atoms with van der Waals surface area (Å²) in [5.74, 6) is 0. The minimum atomic E-state index is 0.230. The van der Waals surface area contributed by atoms with Crippen molar-refractivity contribution in [2.45, 2.75) is 152 Å². The van der Waals surface area contributed by atoms with Crippen LogP contribution in [0, 0.1) is 0 Å². The van der Waals surface area contributed by atoms with Gasteiger partial charge in [0.25, 0.3) is 0 Å². The Labute approximate surface area is 190 Å². The van der Waals surface area contributed by atoms with Gasteiger partial charge in [-0.25, -0.2) is 0 Å². The second kappa shape index (κ2) is 32.4. The zero-order chi connectivity index (χ0) is 21.0. The SMILES string of the molecule is CCCCCCCCCCCCOCCCCCCCCCCCC.[CH3][Sn][CH3]. The molecule has 0 unspecified atom stereocenters. The molecule has 0 aromatic carbocycles. The summed E-state index contributed by atoms with van der Waals surface area (Å²) in [7, 11) is 0. The van der Waals surface area contributed by atoms with Gasteiger partial charge < -0.3 is 4.74 Å². The molecule has 0 heterocycles. The first-order valence-corrected chi connectivity index (χ1v) is 18.7. The molecule has 0 spiro atoms. The molecule has 0 aromatic heterocycles. The van der Waals surface area contributed by atoms with E-state index < -0.39 is 0 Å². The van der Waals surface area contributed by atoms with Crippen molar-refractivity contribution in [1.82, 2.24) is 0 Å². The fraction of sp³-hybridized carbons (Fsp3) is 1.00. The molecule has 2 heteroatoms. The molecule has 2 radical (unpaired) electrons. The van der Waals surface area contributed by atoms with Gasteiger partial charge in [-0.3, -0.25) is 0 Å². The van der Waals surface area contributed by atoms with Gasteiger partial charge in [0.15, 0.2) is 0 Å². The normalized spacial score (nSPS) is 10.7. The van der Waals surface area contributed by atoms with Crippen molar-refractivity contribution in [3.05, 3.63) is 0 Å². The number of unbranched alkanes of at least 4 members (excludes halogenated alkanes) is 18. The average Bonchev–Trinajstić information content (AvgIpc) is 2.70. The third-order valence-electron chi connectivity index (χ3n) is 5.28. The van der Waals surface area contributed by atoms with Crippen LogP contribution >= 0.6 is 0 Å². The van der Waals surface area contributed by atoms with E-state index in [1.165, 1.54) is 128 Å². The van der Waals surface area contributed by atoms with E-state index in [2.05, 4.69) is 23.7 Å². The summed E-state index contributed by atoms with van der Waals surface area (Å²) in [5.41, 5.74) is 0. The van der Waals surface area contributed by atoms with Gasteiger partial charge in [-0.1, -0.05) is 129 Å². The summed E-state index contributed by atoms with van der Waals surface area (Å²) >= 11 is 0.230. The summed E-state index contributed by atoms with van der Waals surface area (Å²) in [6.45, 7) is 6.57. The Kier molecular flexibility index (Phi) is 35.8. The van der Waals surface area contributed by atoms with E-state index in [0.717, 1.165) is 13.2 Å². The van der Waals surface area contributed by atoms with Crippen molar-refractivity contribution in [2.24, 2.45) is 0 Å². The van der Waals surface area contributed by atoms with Crippen LogP contribution in [-0.4, -0.2) is 34.4 Å². The van der Waals surface area contributed by atoms with E-state index in [0.29, 0.717) is 0 Å². The van der Waals surface area contributed by atoms with Crippen LogP contribution in [0.5, 0.6) is 0 Å². The minimum absolute atomic E-state index is 0.230. The van der Waals surface area contributed by atoms with E-state index in [1.807, 2.05) is 0 Å². The van der Waals surface area contributed by atoms with E-state index in [-0.39, 0.29) is 21.1 Å². The molecule has 28 heavy (non-hydrogen) atoms. The zero-order valence-corrected chi connectivity index (χ0v) is 23.3. The molecule has 170 valence electrons. The molecule has 0 aliphatic heterocycles. The van der Waals surface area contributed by atoms with Crippen molar-refractivity contribution < 1.29 is 4.74 Å². The van der Waals surface area contributed by atoms with Crippen LogP contribution in [0.2, 0.25) is 9.88 Å². The predicted octanol–water partition coefficient (Wildman–Crippen LogP) is 9.63. The van der Waals surface area contributed by atoms with Crippen molar-refractivity contribution in [3.8, 4) is 0 Å². The van der Waals surface area contributed by atoms with Gasteiger partial charge in [-0.15, -0.1) is 0 Å². The number of ether oxygens (including phenoxy) is 1. The van der Waals surface area contributed by atoms with E-state index in [4.69, 9.17) is 4.74 Å². The quantitative estimate of drug-likeness (QED) is 0.106. The van der Waals surface area contributed by atoms with E-state index >= 15 is 0 Å².